The SMILES string of the molecule is O=C(O)C1CN(c2ccc(Br)cn2)C1. The highest BCUT2D eigenvalue weighted by molar-refractivity contribution is 9.10. The fourth-order valence-electron chi connectivity index (χ4n) is 1.38. The van der Waals surface area contributed by atoms with Gasteiger partial charge in [0, 0.05) is 23.8 Å². The average Bonchev–Trinajstić information content (AvgIpc) is 2.05. The molecule has 1 aliphatic heterocycles. The largest absolute Gasteiger partial charge is 0.481 e. The minimum Gasteiger partial charge on any atom is -0.481 e. The zero-order chi connectivity index (χ0) is 10.1. The molecule has 14 heavy (non-hydrogen) atoms. The van der Waals surface area contributed by atoms with Crippen LogP contribution in [0.1, 0.15) is 0 Å². The first-order valence-electron chi connectivity index (χ1n) is 4.26. The summed E-state index contributed by atoms with van der Waals surface area (Å²) in [5.74, 6) is -0.121. The molecule has 5 heteroatoms. The van der Waals surface area contributed by atoms with Crippen LogP contribution in [0.3, 0.4) is 0 Å². The third kappa shape index (κ3) is 1.72. The van der Waals surface area contributed by atoms with Gasteiger partial charge in [-0.05, 0) is 28.1 Å². The lowest BCUT2D eigenvalue weighted by atomic mass is 10.0. The summed E-state index contributed by atoms with van der Waals surface area (Å²) in [6.07, 6.45) is 1.71. The molecule has 0 unspecified atom stereocenters. The molecule has 0 spiro atoms. The van der Waals surface area contributed by atoms with E-state index in [1.165, 1.54) is 0 Å². The second kappa shape index (κ2) is 3.57. The molecule has 0 bridgehead atoms. The second-order valence-corrected chi connectivity index (χ2v) is 4.19. The smallest absolute Gasteiger partial charge is 0.310 e. The number of aliphatic carboxylic acids is 1. The number of anilines is 1. The molecule has 1 aromatic heterocycles. The summed E-state index contributed by atoms with van der Waals surface area (Å²) in [5, 5.41) is 8.69. The van der Waals surface area contributed by atoms with Crippen molar-refractivity contribution in [3.05, 3.63) is 22.8 Å². The molecule has 2 rings (SSSR count). The molecule has 1 fully saturated rings. The Bertz CT molecular complexity index is 346. The quantitative estimate of drug-likeness (QED) is 0.869. The normalized spacial score (nSPS) is 16.5. The van der Waals surface area contributed by atoms with Gasteiger partial charge in [0.1, 0.15) is 5.82 Å². The number of halogens is 1. The minimum atomic E-state index is -0.724. The number of hydrogen-bond donors (Lipinski definition) is 1. The van der Waals surface area contributed by atoms with Crippen molar-refractivity contribution in [1.29, 1.82) is 0 Å². The highest BCUT2D eigenvalue weighted by atomic mass is 79.9. The van der Waals surface area contributed by atoms with E-state index < -0.39 is 5.97 Å². The highest BCUT2D eigenvalue weighted by Crippen LogP contribution is 2.23. The second-order valence-electron chi connectivity index (χ2n) is 3.27. The Balaban J connectivity index is 2.00. The van der Waals surface area contributed by atoms with E-state index in [1.54, 1.807) is 6.20 Å². The Labute approximate surface area is 89.7 Å². The van der Waals surface area contributed by atoms with E-state index in [2.05, 4.69) is 20.9 Å². The zero-order valence-corrected chi connectivity index (χ0v) is 8.94. The summed E-state index contributed by atoms with van der Waals surface area (Å²) in [6.45, 7) is 1.12. The van der Waals surface area contributed by atoms with Crippen LogP contribution in [0, 0.1) is 5.92 Å². The summed E-state index contributed by atoms with van der Waals surface area (Å²) in [5.41, 5.74) is 0. The first-order chi connectivity index (χ1) is 6.66. The molecule has 1 aromatic rings. The molecular formula is C9H9BrN2O2. The molecule has 1 saturated heterocycles. The predicted molar refractivity (Wildman–Crippen MR) is 55.3 cm³/mol. The summed E-state index contributed by atoms with van der Waals surface area (Å²) in [4.78, 5) is 16.7. The third-order valence-corrected chi connectivity index (χ3v) is 2.74. The van der Waals surface area contributed by atoms with Crippen LogP contribution < -0.4 is 4.90 Å². The average molecular weight is 257 g/mol. The van der Waals surface area contributed by atoms with Crippen LogP contribution >= 0.6 is 15.9 Å². The lowest BCUT2D eigenvalue weighted by Gasteiger charge is -2.37. The van der Waals surface area contributed by atoms with Crippen molar-refractivity contribution in [2.45, 2.75) is 0 Å². The van der Waals surface area contributed by atoms with Gasteiger partial charge >= 0.3 is 5.97 Å². The van der Waals surface area contributed by atoms with Gasteiger partial charge in [-0.1, -0.05) is 0 Å². The van der Waals surface area contributed by atoms with E-state index in [0.717, 1.165) is 10.3 Å². The van der Waals surface area contributed by atoms with Gasteiger partial charge in [-0.25, -0.2) is 4.98 Å². The van der Waals surface area contributed by atoms with E-state index in [-0.39, 0.29) is 5.92 Å². The molecule has 0 amide bonds. The van der Waals surface area contributed by atoms with Gasteiger partial charge in [0.15, 0.2) is 0 Å². The number of pyridine rings is 1. The van der Waals surface area contributed by atoms with E-state index in [1.807, 2.05) is 17.0 Å². The predicted octanol–water partition coefficient (Wildman–Crippen LogP) is 1.36. The number of aromatic nitrogens is 1. The van der Waals surface area contributed by atoms with Gasteiger partial charge in [-0.2, -0.15) is 0 Å². The van der Waals surface area contributed by atoms with Crippen LogP contribution in [0.25, 0.3) is 0 Å². The first kappa shape index (κ1) is 9.45. The Kier molecular flexibility index (Phi) is 2.41. The fourth-order valence-corrected chi connectivity index (χ4v) is 1.61. The Morgan fingerprint density at radius 2 is 2.29 bits per heavy atom. The molecule has 0 atom stereocenters. The first-order valence-corrected chi connectivity index (χ1v) is 5.05. The van der Waals surface area contributed by atoms with Crippen molar-refractivity contribution in [3.63, 3.8) is 0 Å². The number of rotatable bonds is 2. The maximum absolute atomic E-state index is 10.6. The van der Waals surface area contributed by atoms with Crippen LogP contribution in [0.4, 0.5) is 5.82 Å². The molecule has 1 N–H and O–H groups in total. The maximum Gasteiger partial charge on any atom is 0.310 e. The van der Waals surface area contributed by atoms with Gasteiger partial charge < -0.3 is 10.0 Å². The minimum absolute atomic E-state index is 0.236. The van der Waals surface area contributed by atoms with E-state index in [4.69, 9.17) is 5.11 Å². The van der Waals surface area contributed by atoms with E-state index >= 15 is 0 Å². The van der Waals surface area contributed by atoms with E-state index in [9.17, 15) is 4.79 Å². The Morgan fingerprint density at radius 3 is 2.79 bits per heavy atom. The number of carbonyl (C=O) groups is 1. The van der Waals surface area contributed by atoms with Crippen LogP contribution in [-0.2, 0) is 4.79 Å². The van der Waals surface area contributed by atoms with Gasteiger partial charge in [0.2, 0.25) is 0 Å². The lowest BCUT2D eigenvalue weighted by Crippen LogP contribution is -2.50. The monoisotopic (exact) mass is 256 g/mol. The Hall–Kier alpha value is -1.10. The summed E-state index contributed by atoms with van der Waals surface area (Å²) in [7, 11) is 0. The number of nitrogens with zero attached hydrogens (tertiary/aromatic N) is 2. The summed E-state index contributed by atoms with van der Waals surface area (Å²) < 4.78 is 0.927. The van der Waals surface area contributed by atoms with E-state index in [0.29, 0.717) is 13.1 Å². The van der Waals surface area contributed by atoms with Crippen molar-refractivity contribution in [2.24, 2.45) is 5.92 Å². The fraction of sp³-hybridized carbons (Fsp3) is 0.333. The molecule has 74 valence electrons. The van der Waals surface area contributed by atoms with Gasteiger partial charge in [-0.15, -0.1) is 0 Å². The molecular weight excluding hydrogens is 248 g/mol. The topological polar surface area (TPSA) is 53.4 Å². The molecule has 0 aliphatic carbocycles. The van der Waals surface area contributed by atoms with Crippen molar-refractivity contribution < 1.29 is 9.90 Å². The molecule has 0 aromatic carbocycles. The van der Waals surface area contributed by atoms with Crippen molar-refractivity contribution >= 4 is 27.7 Å². The van der Waals surface area contributed by atoms with Crippen LogP contribution in [-0.4, -0.2) is 29.1 Å². The number of hydrogen-bond acceptors (Lipinski definition) is 3. The van der Waals surface area contributed by atoms with Crippen LogP contribution in [0.5, 0.6) is 0 Å². The number of carboxylic acids is 1. The maximum atomic E-state index is 10.6. The molecule has 0 saturated carbocycles. The summed E-state index contributed by atoms with van der Waals surface area (Å²) >= 11 is 3.29. The zero-order valence-electron chi connectivity index (χ0n) is 7.35. The summed E-state index contributed by atoms with van der Waals surface area (Å²) in [6, 6.07) is 3.78. The van der Waals surface area contributed by atoms with Crippen LogP contribution in [0.15, 0.2) is 22.8 Å². The Morgan fingerprint density at radius 1 is 1.57 bits per heavy atom. The standard InChI is InChI=1S/C9H9BrN2O2/c10-7-1-2-8(11-3-7)12-4-6(5-12)9(13)14/h1-3,6H,4-5H2,(H,13,14). The molecule has 0 radical (unpaired) electrons. The van der Waals surface area contributed by atoms with Gasteiger partial charge in [-0.3, -0.25) is 4.79 Å². The molecule has 4 nitrogen and oxygen atoms in total. The molecule has 2 heterocycles. The number of carboxylic acid groups (broad SMARTS) is 1. The van der Waals surface area contributed by atoms with Gasteiger partial charge in [0.05, 0.1) is 5.92 Å². The van der Waals surface area contributed by atoms with Crippen molar-refractivity contribution in [3.8, 4) is 0 Å². The van der Waals surface area contributed by atoms with Crippen molar-refractivity contribution in [1.82, 2.24) is 4.98 Å². The van der Waals surface area contributed by atoms with Gasteiger partial charge in [0.25, 0.3) is 0 Å². The molecule has 1 aliphatic rings. The highest BCUT2D eigenvalue weighted by Gasteiger charge is 2.33. The lowest BCUT2D eigenvalue weighted by molar-refractivity contribution is -0.142. The van der Waals surface area contributed by atoms with Crippen molar-refractivity contribution in [2.75, 3.05) is 18.0 Å². The third-order valence-electron chi connectivity index (χ3n) is 2.27. The van der Waals surface area contributed by atoms with Crippen LogP contribution in [0.2, 0.25) is 0 Å².